The molecule has 0 spiro atoms. The molecule has 2 heterocycles. The van der Waals surface area contributed by atoms with Crippen molar-refractivity contribution in [2.24, 2.45) is 0 Å². The van der Waals surface area contributed by atoms with E-state index in [1.807, 2.05) is 17.5 Å². The first-order valence-corrected chi connectivity index (χ1v) is 10.6. The number of para-hydroxylation sites is 1. The zero-order chi connectivity index (χ0) is 19.5. The molecule has 3 aromatic rings. The number of imide groups is 1. The summed E-state index contributed by atoms with van der Waals surface area (Å²) in [5, 5.41) is 13.7. The second-order valence-corrected chi connectivity index (χ2v) is 8.14. The largest absolute Gasteiger partial charge is 0.496 e. The van der Waals surface area contributed by atoms with E-state index in [1.54, 1.807) is 35.6 Å². The third-order valence-corrected chi connectivity index (χ3v) is 6.06. The number of nitrogens with zero attached hydrogens (tertiary/aromatic N) is 3. The molecule has 0 saturated heterocycles. The zero-order valence-electron chi connectivity index (χ0n) is 15.1. The van der Waals surface area contributed by atoms with Crippen LogP contribution in [-0.4, -0.2) is 39.4 Å². The van der Waals surface area contributed by atoms with Crippen LogP contribution in [0, 0.1) is 0 Å². The Morgan fingerprint density at radius 1 is 1.25 bits per heavy atom. The first-order valence-electron chi connectivity index (χ1n) is 8.76. The second kappa shape index (κ2) is 8.15. The minimum atomic E-state index is -0.481. The predicted molar refractivity (Wildman–Crippen MR) is 108 cm³/mol. The number of ether oxygens (including phenoxy) is 1. The molecule has 0 atom stereocenters. The van der Waals surface area contributed by atoms with Gasteiger partial charge in [-0.1, -0.05) is 30.0 Å². The summed E-state index contributed by atoms with van der Waals surface area (Å²) in [5.41, 5.74) is 0.324. The molecule has 9 heteroatoms. The summed E-state index contributed by atoms with van der Waals surface area (Å²) in [6.45, 7) is 0. The van der Waals surface area contributed by atoms with E-state index >= 15 is 0 Å². The quantitative estimate of drug-likeness (QED) is 0.597. The van der Waals surface area contributed by atoms with Crippen LogP contribution >= 0.6 is 23.1 Å². The van der Waals surface area contributed by atoms with Gasteiger partial charge in [0, 0.05) is 6.04 Å². The monoisotopic (exact) mass is 414 g/mol. The summed E-state index contributed by atoms with van der Waals surface area (Å²) in [6.07, 6.45) is 2.17. The molecule has 1 fully saturated rings. The Morgan fingerprint density at radius 3 is 2.79 bits per heavy atom. The van der Waals surface area contributed by atoms with Crippen molar-refractivity contribution < 1.29 is 14.3 Å². The number of thiophene rings is 1. The second-order valence-electron chi connectivity index (χ2n) is 6.25. The molecule has 2 aromatic heterocycles. The maximum Gasteiger partial charge on any atom is 0.261 e. The highest BCUT2D eigenvalue weighted by Crippen LogP contribution is 2.41. The van der Waals surface area contributed by atoms with Crippen molar-refractivity contribution in [3.63, 3.8) is 0 Å². The Labute approximate surface area is 170 Å². The molecule has 1 saturated carbocycles. The summed E-state index contributed by atoms with van der Waals surface area (Å²) in [6, 6.07) is 11.2. The van der Waals surface area contributed by atoms with Crippen molar-refractivity contribution in [1.29, 1.82) is 0 Å². The fourth-order valence-corrected chi connectivity index (χ4v) is 4.31. The highest BCUT2D eigenvalue weighted by atomic mass is 32.2. The van der Waals surface area contributed by atoms with E-state index < -0.39 is 5.91 Å². The number of hydrogen-bond acceptors (Lipinski definition) is 7. The number of amides is 2. The number of aromatic nitrogens is 3. The summed E-state index contributed by atoms with van der Waals surface area (Å²) >= 11 is 2.90. The maximum absolute atomic E-state index is 12.3. The normalized spacial score (nSPS) is 13.3. The van der Waals surface area contributed by atoms with Crippen LogP contribution < -0.4 is 10.1 Å². The molecule has 1 aromatic carbocycles. The molecule has 0 bridgehead atoms. The number of thioether (sulfide) groups is 1. The Hall–Kier alpha value is -2.65. The van der Waals surface area contributed by atoms with Gasteiger partial charge in [-0.3, -0.25) is 19.5 Å². The van der Waals surface area contributed by atoms with Crippen molar-refractivity contribution in [3.8, 4) is 16.5 Å². The van der Waals surface area contributed by atoms with E-state index in [0.29, 0.717) is 22.5 Å². The molecule has 144 valence electrons. The van der Waals surface area contributed by atoms with Gasteiger partial charge in [0.1, 0.15) is 5.75 Å². The van der Waals surface area contributed by atoms with Crippen LogP contribution in [0.15, 0.2) is 46.9 Å². The van der Waals surface area contributed by atoms with E-state index in [-0.39, 0.29) is 11.7 Å². The SMILES string of the molecule is COc1ccccc1C(=O)NC(=O)CSc1nnc(-c2cccs2)n1C1CC1. The Bertz CT molecular complexity index is 997. The molecule has 7 nitrogen and oxygen atoms in total. The highest BCUT2D eigenvalue weighted by molar-refractivity contribution is 7.99. The lowest BCUT2D eigenvalue weighted by molar-refractivity contribution is -0.117. The van der Waals surface area contributed by atoms with Crippen LogP contribution in [0.3, 0.4) is 0 Å². The minimum Gasteiger partial charge on any atom is -0.496 e. The molecule has 0 radical (unpaired) electrons. The first-order chi connectivity index (χ1) is 13.7. The van der Waals surface area contributed by atoms with Gasteiger partial charge in [-0.2, -0.15) is 0 Å². The Balaban J connectivity index is 1.42. The Morgan fingerprint density at radius 2 is 2.07 bits per heavy atom. The Kier molecular flexibility index (Phi) is 5.45. The van der Waals surface area contributed by atoms with E-state index in [1.165, 1.54) is 18.9 Å². The van der Waals surface area contributed by atoms with Gasteiger partial charge < -0.3 is 4.74 Å². The number of nitrogens with one attached hydrogen (secondary N) is 1. The summed E-state index contributed by atoms with van der Waals surface area (Å²) < 4.78 is 7.27. The average molecular weight is 415 g/mol. The van der Waals surface area contributed by atoms with Gasteiger partial charge in [-0.05, 0) is 36.4 Å². The molecular weight excluding hydrogens is 396 g/mol. The van der Waals surface area contributed by atoms with E-state index in [0.717, 1.165) is 23.5 Å². The smallest absolute Gasteiger partial charge is 0.261 e. The fraction of sp³-hybridized carbons (Fsp3) is 0.263. The van der Waals surface area contributed by atoms with Crippen molar-refractivity contribution in [2.75, 3.05) is 12.9 Å². The average Bonchev–Trinajstić information content (AvgIpc) is 3.23. The number of carbonyl (C=O) groups is 2. The van der Waals surface area contributed by atoms with Crippen molar-refractivity contribution >= 4 is 34.9 Å². The lowest BCUT2D eigenvalue weighted by Crippen LogP contribution is -2.32. The van der Waals surface area contributed by atoms with Crippen LogP contribution in [0.1, 0.15) is 29.2 Å². The van der Waals surface area contributed by atoms with Crippen LogP contribution in [0.2, 0.25) is 0 Å². The third kappa shape index (κ3) is 3.95. The molecule has 2 amide bonds. The van der Waals surface area contributed by atoms with Gasteiger partial charge >= 0.3 is 0 Å². The molecule has 1 N–H and O–H groups in total. The number of carbonyl (C=O) groups excluding carboxylic acids is 2. The van der Waals surface area contributed by atoms with E-state index in [2.05, 4.69) is 20.1 Å². The van der Waals surface area contributed by atoms with Crippen LogP contribution in [0.4, 0.5) is 0 Å². The number of rotatable bonds is 7. The predicted octanol–water partition coefficient (Wildman–Crippen LogP) is 3.40. The topological polar surface area (TPSA) is 86.1 Å². The van der Waals surface area contributed by atoms with Crippen molar-refractivity contribution in [2.45, 2.75) is 24.0 Å². The fourth-order valence-electron chi connectivity index (χ4n) is 2.80. The molecule has 1 aliphatic carbocycles. The van der Waals surface area contributed by atoms with Crippen LogP contribution in [-0.2, 0) is 4.79 Å². The standard InChI is InChI=1S/C19H18N4O3S2/c1-26-14-6-3-2-5-13(14)18(25)20-16(24)11-28-19-22-21-17(15-7-4-10-27-15)23(19)12-8-9-12/h2-7,10,12H,8-9,11H2,1H3,(H,20,24,25). The summed E-state index contributed by atoms with van der Waals surface area (Å²) in [5.74, 6) is 0.478. The molecule has 1 aliphatic rings. The van der Waals surface area contributed by atoms with E-state index in [9.17, 15) is 9.59 Å². The van der Waals surface area contributed by atoms with Gasteiger partial charge in [0.15, 0.2) is 11.0 Å². The first kappa shape index (κ1) is 18.7. The van der Waals surface area contributed by atoms with Gasteiger partial charge in [0.25, 0.3) is 5.91 Å². The van der Waals surface area contributed by atoms with Crippen LogP contribution in [0.25, 0.3) is 10.7 Å². The van der Waals surface area contributed by atoms with Gasteiger partial charge in [0.05, 0.1) is 23.3 Å². The van der Waals surface area contributed by atoms with E-state index in [4.69, 9.17) is 4.74 Å². The molecule has 0 unspecified atom stereocenters. The lowest BCUT2D eigenvalue weighted by atomic mass is 10.2. The van der Waals surface area contributed by atoms with Crippen molar-refractivity contribution in [1.82, 2.24) is 20.1 Å². The van der Waals surface area contributed by atoms with Crippen molar-refractivity contribution in [3.05, 3.63) is 47.3 Å². The minimum absolute atomic E-state index is 0.0795. The number of hydrogen-bond donors (Lipinski definition) is 1. The highest BCUT2D eigenvalue weighted by Gasteiger charge is 2.30. The third-order valence-electron chi connectivity index (χ3n) is 4.26. The molecule has 28 heavy (non-hydrogen) atoms. The van der Waals surface area contributed by atoms with Gasteiger partial charge in [0.2, 0.25) is 5.91 Å². The lowest BCUT2D eigenvalue weighted by Gasteiger charge is -2.09. The van der Waals surface area contributed by atoms with Crippen LogP contribution in [0.5, 0.6) is 5.75 Å². The summed E-state index contributed by atoms with van der Waals surface area (Å²) in [4.78, 5) is 25.7. The number of methoxy groups -OCH3 is 1. The van der Waals surface area contributed by atoms with Gasteiger partial charge in [-0.25, -0.2) is 0 Å². The van der Waals surface area contributed by atoms with Gasteiger partial charge in [-0.15, -0.1) is 21.5 Å². The zero-order valence-corrected chi connectivity index (χ0v) is 16.8. The summed E-state index contributed by atoms with van der Waals surface area (Å²) in [7, 11) is 1.49. The molecule has 4 rings (SSSR count). The number of benzene rings is 1. The maximum atomic E-state index is 12.3. The molecule has 0 aliphatic heterocycles. The molecular formula is C19H18N4O3S2.